The third-order valence-electron chi connectivity index (χ3n) is 4.83. The lowest BCUT2D eigenvalue weighted by Gasteiger charge is -2.29. The molecule has 1 fully saturated rings. The van der Waals surface area contributed by atoms with Gasteiger partial charge in [0, 0.05) is 19.6 Å². The molecule has 1 rings (SSSR count). The second kappa shape index (κ2) is 6.46. The first-order valence-corrected chi connectivity index (χ1v) is 7.47. The zero-order chi connectivity index (χ0) is 15.5. The highest BCUT2D eigenvalue weighted by molar-refractivity contribution is 5.80. The molecule has 2 N–H and O–H groups in total. The summed E-state index contributed by atoms with van der Waals surface area (Å²) in [5.74, 6) is 0.157. The normalized spacial score (nSPS) is 24.2. The van der Waals surface area contributed by atoms with Crippen LogP contribution in [-0.4, -0.2) is 41.6 Å². The Morgan fingerprint density at radius 2 is 1.85 bits per heavy atom. The lowest BCUT2D eigenvalue weighted by atomic mass is 9.76. The highest BCUT2D eigenvalue weighted by Crippen LogP contribution is 2.38. The van der Waals surface area contributed by atoms with Gasteiger partial charge >= 0.3 is 12.0 Å². The van der Waals surface area contributed by atoms with E-state index in [1.54, 1.807) is 4.90 Å². The van der Waals surface area contributed by atoms with Crippen LogP contribution >= 0.6 is 0 Å². The summed E-state index contributed by atoms with van der Waals surface area (Å²) < 4.78 is 0. The van der Waals surface area contributed by atoms with Crippen molar-refractivity contribution in [3.05, 3.63) is 0 Å². The lowest BCUT2D eigenvalue weighted by molar-refractivity contribution is -0.150. The number of carbonyl (C=O) groups is 2. The molecule has 0 saturated carbocycles. The second-order valence-electron chi connectivity index (χ2n) is 6.69. The van der Waals surface area contributed by atoms with Gasteiger partial charge in [-0.2, -0.15) is 0 Å². The largest absolute Gasteiger partial charge is 0.481 e. The summed E-state index contributed by atoms with van der Waals surface area (Å²) >= 11 is 0. The first-order chi connectivity index (χ1) is 9.20. The van der Waals surface area contributed by atoms with Gasteiger partial charge in [0.05, 0.1) is 5.41 Å². The molecule has 1 aliphatic heterocycles. The molecule has 0 aromatic heterocycles. The van der Waals surface area contributed by atoms with Crippen LogP contribution in [0.1, 0.15) is 41.0 Å². The smallest absolute Gasteiger partial charge is 0.317 e. The predicted octanol–water partition coefficient (Wildman–Crippen LogP) is 2.42. The zero-order valence-corrected chi connectivity index (χ0v) is 13.3. The van der Waals surface area contributed by atoms with E-state index in [2.05, 4.69) is 26.1 Å². The highest BCUT2D eigenvalue weighted by atomic mass is 16.4. The quantitative estimate of drug-likeness (QED) is 0.814. The van der Waals surface area contributed by atoms with Gasteiger partial charge in [0.1, 0.15) is 0 Å². The number of likely N-dealkylation sites (tertiary alicyclic amines) is 1. The van der Waals surface area contributed by atoms with Gasteiger partial charge in [-0.05, 0) is 24.2 Å². The summed E-state index contributed by atoms with van der Waals surface area (Å²) in [7, 11) is 0. The minimum Gasteiger partial charge on any atom is -0.481 e. The minimum atomic E-state index is -0.793. The van der Waals surface area contributed by atoms with E-state index in [9.17, 15) is 14.7 Å². The van der Waals surface area contributed by atoms with Gasteiger partial charge in [0.15, 0.2) is 0 Å². The summed E-state index contributed by atoms with van der Waals surface area (Å²) in [6.07, 6.45) is 0.535. The number of urea groups is 1. The summed E-state index contributed by atoms with van der Waals surface area (Å²) in [5.41, 5.74) is -0.791. The molecular weight excluding hydrogens is 256 g/mol. The van der Waals surface area contributed by atoms with Gasteiger partial charge in [0.2, 0.25) is 0 Å². The van der Waals surface area contributed by atoms with E-state index in [-0.39, 0.29) is 11.9 Å². The number of carboxylic acids is 1. The van der Waals surface area contributed by atoms with E-state index >= 15 is 0 Å². The monoisotopic (exact) mass is 284 g/mol. The average Bonchev–Trinajstić information content (AvgIpc) is 2.81. The van der Waals surface area contributed by atoms with Crippen LogP contribution in [0.25, 0.3) is 0 Å². The van der Waals surface area contributed by atoms with E-state index in [4.69, 9.17) is 0 Å². The minimum absolute atomic E-state index is 0.0207. The van der Waals surface area contributed by atoms with Gasteiger partial charge in [-0.15, -0.1) is 0 Å². The van der Waals surface area contributed by atoms with Crippen molar-refractivity contribution in [3.8, 4) is 0 Å². The molecule has 0 spiro atoms. The lowest BCUT2D eigenvalue weighted by Crippen LogP contribution is -2.44. The SMILES string of the molecule is CC(C)C(C)CNC(=O)N1CCC(C(=O)O)(C(C)C)C1. The number of carbonyl (C=O) groups excluding carboxylic acids is 1. The fourth-order valence-corrected chi connectivity index (χ4v) is 2.50. The number of amides is 2. The van der Waals surface area contributed by atoms with E-state index in [1.807, 2.05) is 13.8 Å². The van der Waals surface area contributed by atoms with E-state index in [0.29, 0.717) is 37.9 Å². The van der Waals surface area contributed by atoms with Crippen molar-refractivity contribution < 1.29 is 14.7 Å². The summed E-state index contributed by atoms with van der Waals surface area (Å²) in [6, 6.07) is -0.138. The highest BCUT2D eigenvalue weighted by Gasteiger charge is 2.48. The Hall–Kier alpha value is -1.26. The Bertz CT molecular complexity index is 368. The summed E-state index contributed by atoms with van der Waals surface area (Å²) in [4.78, 5) is 25.3. The fourth-order valence-electron chi connectivity index (χ4n) is 2.50. The van der Waals surface area contributed by atoms with Crippen molar-refractivity contribution in [1.82, 2.24) is 10.2 Å². The van der Waals surface area contributed by atoms with Gasteiger partial charge in [0.25, 0.3) is 0 Å². The number of rotatable bonds is 5. The van der Waals surface area contributed by atoms with Crippen LogP contribution in [0.5, 0.6) is 0 Å². The van der Waals surface area contributed by atoms with Crippen LogP contribution in [0.15, 0.2) is 0 Å². The predicted molar refractivity (Wildman–Crippen MR) is 78.5 cm³/mol. The Balaban J connectivity index is 2.59. The molecule has 0 aromatic carbocycles. The molecule has 116 valence electrons. The van der Waals surface area contributed by atoms with Crippen LogP contribution in [0.4, 0.5) is 4.79 Å². The number of carboxylic acid groups (broad SMARTS) is 1. The van der Waals surface area contributed by atoms with Crippen molar-refractivity contribution >= 4 is 12.0 Å². The van der Waals surface area contributed by atoms with Crippen molar-refractivity contribution in [2.24, 2.45) is 23.2 Å². The molecule has 1 saturated heterocycles. The zero-order valence-electron chi connectivity index (χ0n) is 13.3. The second-order valence-corrected chi connectivity index (χ2v) is 6.69. The van der Waals surface area contributed by atoms with Gasteiger partial charge in [-0.1, -0.05) is 34.6 Å². The number of hydrogen-bond donors (Lipinski definition) is 2. The van der Waals surface area contributed by atoms with Crippen LogP contribution < -0.4 is 5.32 Å². The molecule has 0 radical (unpaired) electrons. The fraction of sp³-hybridized carbons (Fsp3) is 0.867. The van der Waals surface area contributed by atoms with Gasteiger partial charge in [-0.3, -0.25) is 4.79 Å². The molecule has 1 heterocycles. The molecular formula is C15H28N2O3. The van der Waals surface area contributed by atoms with Crippen molar-refractivity contribution in [1.29, 1.82) is 0 Å². The van der Waals surface area contributed by atoms with Crippen molar-refractivity contribution in [2.75, 3.05) is 19.6 Å². The number of nitrogens with one attached hydrogen (secondary N) is 1. The Kier molecular flexibility index (Phi) is 5.42. The topological polar surface area (TPSA) is 69.6 Å². The molecule has 0 bridgehead atoms. The van der Waals surface area contributed by atoms with E-state index < -0.39 is 11.4 Å². The molecule has 2 amide bonds. The standard InChI is InChI=1S/C15H28N2O3/c1-10(2)12(5)8-16-14(20)17-7-6-15(9-17,11(3)4)13(18)19/h10-12H,6-9H2,1-5H3,(H,16,20)(H,18,19). The Morgan fingerprint density at radius 3 is 2.25 bits per heavy atom. The molecule has 1 aliphatic rings. The first kappa shape index (κ1) is 16.8. The van der Waals surface area contributed by atoms with Crippen LogP contribution in [0, 0.1) is 23.2 Å². The molecule has 2 atom stereocenters. The van der Waals surface area contributed by atoms with Gasteiger partial charge in [-0.25, -0.2) is 4.79 Å². The summed E-state index contributed by atoms with van der Waals surface area (Å²) in [5, 5.41) is 12.4. The third kappa shape index (κ3) is 3.44. The van der Waals surface area contributed by atoms with Crippen molar-refractivity contribution in [2.45, 2.75) is 41.0 Å². The molecule has 0 aromatic rings. The molecule has 20 heavy (non-hydrogen) atoms. The van der Waals surface area contributed by atoms with Crippen LogP contribution in [-0.2, 0) is 4.79 Å². The van der Waals surface area contributed by atoms with E-state index in [0.717, 1.165) is 0 Å². The third-order valence-corrected chi connectivity index (χ3v) is 4.83. The van der Waals surface area contributed by atoms with Crippen molar-refractivity contribution in [3.63, 3.8) is 0 Å². The van der Waals surface area contributed by atoms with Crippen LogP contribution in [0.2, 0.25) is 0 Å². The molecule has 0 aliphatic carbocycles. The Morgan fingerprint density at radius 1 is 1.25 bits per heavy atom. The maximum Gasteiger partial charge on any atom is 0.317 e. The van der Waals surface area contributed by atoms with E-state index in [1.165, 1.54) is 0 Å². The Labute approximate surface area is 121 Å². The molecule has 5 nitrogen and oxygen atoms in total. The maximum atomic E-state index is 12.1. The number of nitrogens with zero attached hydrogens (tertiary/aromatic N) is 1. The molecule has 2 unspecified atom stereocenters. The number of aliphatic carboxylic acids is 1. The molecule has 5 heteroatoms. The average molecular weight is 284 g/mol. The van der Waals surface area contributed by atoms with Gasteiger partial charge < -0.3 is 15.3 Å². The first-order valence-electron chi connectivity index (χ1n) is 7.47. The maximum absolute atomic E-state index is 12.1. The number of hydrogen-bond acceptors (Lipinski definition) is 2. The van der Waals surface area contributed by atoms with Crippen LogP contribution in [0.3, 0.4) is 0 Å². The summed E-state index contributed by atoms with van der Waals surface area (Å²) in [6.45, 7) is 11.6.